The van der Waals surface area contributed by atoms with Gasteiger partial charge in [-0.25, -0.2) is 4.99 Å². The van der Waals surface area contributed by atoms with E-state index in [1.807, 2.05) is 56.3 Å². The van der Waals surface area contributed by atoms with Crippen LogP contribution in [0.1, 0.15) is 35.3 Å². The summed E-state index contributed by atoms with van der Waals surface area (Å²) in [5, 5.41) is 9.36. The van der Waals surface area contributed by atoms with Crippen LogP contribution in [-0.4, -0.2) is 25.0 Å². The van der Waals surface area contributed by atoms with Crippen LogP contribution >= 0.6 is 0 Å². The van der Waals surface area contributed by atoms with Crippen LogP contribution in [0.5, 0.6) is 0 Å². The highest BCUT2D eigenvalue weighted by Gasteiger charge is 2.04. The Balaban J connectivity index is 1.92. The van der Waals surface area contributed by atoms with Gasteiger partial charge in [-0.1, -0.05) is 42.5 Å². The van der Waals surface area contributed by atoms with Crippen molar-refractivity contribution in [3.63, 3.8) is 0 Å². The first-order valence-corrected chi connectivity index (χ1v) is 8.66. The SMILES string of the molecule is CCNC(=O)c1ccc(CNC(=NCc2ccccc2)NCC)cc1. The number of nitrogens with zero attached hydrogens (tertiary/aromatic N) is 1. The maximum absolute atomic E-state index is 11.8. The third-order valence-electron chi connectivity index (χ3n) is 3.62. The van der Waals surface area contributed by atoms with E-state index >= 15 is 0 Å². The number of hydrogen-bond donors (Lipinski definition) is 3. The lowest BCUT2D eigenvalue weighted by molar-refractivity contribution is 0.0956. The van der Waals surface area contributed by atoms with Crippen molar-refractivity contribution in [1.29, 1.82) is 0 Å². The summed E-state index contributed by atoms with van der Waals surface area (Å²) < 4.78 is 0. The monoisotopic (exact) mass is 338 g/mol. The number of guanidine groups is 1. The summed E-state index contributed by atoms with van der Waals surface area (Å²) in [6.45, 7) is 6.67. The number of rotatable bonds is 7. The van der Waals surface area contributed by atoms with Gasteiger partial charge in [-0.3, -0.25) is 4.79 Å². The van der Waals surface area contributed by atoms with Crippen molar-refractivity contribution < 1.29 is 4.79 Å². The number of nitrogens with one attached hydrogen (secondary N) is 3. The molecule has 3 N–H and O–H groups in total. The smallest absolute Gasteiger partial charge is 0.251 e. The minimum Gasteiger partial charge on any atom is -0.357 e. The number of benzene rings is 2. The van der Waals surface area contributed by atoms with E-state index < -0.39 is 0 Å². The van der Waals surface area contributed by atoms with Crippen LogP contribution in [0.15, 0.2) is 59.6 Å². The van der Waals surface area contributed by atoms with Crippen molar-refractivity contribution in [2.45, 2.75) is 26.9 Å². The van der Waals surface area contributed by atoms with E-state index in [1.54, 1.807) is 0 Å². The van der Waals surface area contributed by atoms with Crippen molar-refractivity contribution >= 4 is 11.9 Å². The summed E-state index contributed by atoms with van der Waals surface area (Å²) >= 11 is 0. The molecule has 0 bridgehead atoms. The number of amides is 1. The Hall–Kier alpha value is -2.82. The summed E-state index contributed by atoms with van der Waals surface area (Å²) in [5.74, 6) is 0.735. The van der Waals surface area contributed by atoms with Gasteiger partial charge in [0.05, 0.1) is 6.54 Å². The number of carbonyl (C=O) groups is 1. The molecule has 0 aliphatic carbocycles. The van der Waals surface area contributed by atoms with Gasteiger partial charge in [-0.15, -0.1) is 0 Å². The Morgan fingerprint density at radius 1 is 0.840 bits per heavy atom. The first-order chi connectivity index (χ1) is 12.2. The highest BCUT2D eigenvalue weighted by Crippen LogP contribution is 2.05. The minimum absolute atomic E-state index is 0.0419. The maximum atomic E-state index is 11.8. The Labute approximate surface area is 149 Å². The van der Waals surface area contributed by atoms with Gasteiger partial charge in [-0.05, 0) is 37.1 Å². The zero-order chi connectivity index (χ0) is 17.9. The molecule has 0 spiro atoms. The molecule has 0 saturated carbocycles. The van der Waals surface area contributed by atoms with Crippen molar-refractivity contribution in [2.24, 2.45) is 4.99 Å². The highest BCUT2D eigenvalue weighted by molar-refractivity contribution is 5.94. The largest absolute Gasteiger partial charge is 0.357 e. The second-order valence-corrected chi connectivity index (χ2v) is 5.59. The van der Waals surface area contributed by atoms with Crippen molar-refractivity contribution in [3.05, 3.63) is 71.3 Å². The molecule has 5 nitrogen and oxygen atoms in total. The molecule has 0 radical (unpaired) electrons. The maximum Gasteiger partial charge on any atom is 0.251 e. The third-order valence-corrected chi connectivity index (χ3v) is 3.62. The predicted molar refractivity (Wildman–Crippen MR) is 103 cm³/mol. The molecule has 0 saturated heterocycles. The zero-order valence-electron chi connectivity index (χ0n) is 14.9. The molecule has 2 aromatic carbocycles. The van der Waals surface area contributed by atoms with E-state index in [0.29, 0.717) is 25.2 Å². The van der Waals surface area contributed by atoms with Crippen LogP contribution < -0.4 is 16.0 Å². The van der Waals surface area contributed by atoms with E-state index in [-0.39, 0.29) is 5.91 Å². The molecule has 5 heteroatoms. The van der Waals surface area contributed by atoms with Gasteiger partial charge in [-0.2, -0.15) is 0 Å². The van der Waals surface area contributed by atoms with Gasteiger partial charge < -0.3 is 16.0 Å². The molecular weight excluding hydrogens is 312 g/mol. The van der Waals surface area contributed by atoms with Crippen LogP contribution in [0.25, 0.3) is 0 Å². The second kappa shape index (κ2) is 10.1. The lowest BCUT2D eigenvalue weighted by atomic mass is 10.1. The second-order valence-electron chi connectivity index (χ2n) is 5.59. The van der Waals surface area contributed by atoms with Crippen LogP contribution in [0.4, 0.5) is 0 Å². The zero-order valence-corrected chi connectivity index (χ0v) is 14.9. The van der Waals surface area contributed by atoms with Gasteiger partial charge in [0.25, 0.3) is 5.91 Å². The fourth-order valence-electron chi connectivity index (χ4n) is 2.32. The van der Waals surface area contributed by atoms with Crippen LogP contribution in [-0.2, 0) is 13.1 Å². The number of aliphatic imine (C=N–C) groups is 1. The normalized spacial score (nSPS) is 11.0. The first-order valence-electron chi connectivity index (χ1n) is 8.66. The van der Waals surface area contributed by atoms with E-state index in [1.165, 1.54) is 5.56 Å². The van der Waals surface area contributed by atoms with Crippen LogP contribution in [0, 0.1) is 0 Å². The van der Waals surface area contributed by atoms with E-state index in [0.717, 1.165) is 18.1 Å². The van der Waals surface area contributed by atoms with E-state index in [9.17, 15) is 4.79 Å². The van der Waals surface area contributed by atoms with E-state index in [2.05, 4.69) is 33.1 Å². The predicted octanol–water partition coefficient (Wildman–Crippen LogP) is 2.69. The molecular formula is C20H26N4O. The third kappa shape index (κ3) is 6.30. The molecule has 0 aliphatic heterocycles. The lowest BCUT2D eigenvalue weighted by Gasteiger charge is -2.12. The van der Waals surface area contributed by atoms with Gasteiger partial charge in [0.1, 0.15) is 0 Å². The summed E-state index contributed by atoms with van der Waals surface area (Å²) in [6.07, 6.45) is 0. The molecule has 1 amide bonds. The average Bonchev–Trinajstić information content (AvgIpc) is 2.65. The fourth-order valence-corrected chi connectivity index (χ4v) is 2.32. The Morgan fingerprint density at radius 3 is 2.16 bits per heavy atom. The molecule has 2 aromatic rings. The Bertz CT molecular complexity index is 681. The molecule has 0 fully saturated rings. The van der Waals surface area contributed by atoms with Crippen molar-refractivity contribution in [2.75, 3.05) is 13.1 Å². The standard InChI is InChI=1S/C20H26N4O/c1-3-21-19(25)18-12-10-17(11-13-18)15-24-20(22-4-2)23-14-16-8-6-5-7-9-16/h5-13H,3-4,14-15H2,1-2H3,(H,21,25)(H2,22,23,24). The fraction of sp³-hybridized carbons (Fsp3) is 0.300. The molecule has 2 rings (SSSR count). The molecule has 25 heavy (non-hydrogen) atoms. The summed E-state index contributed by atoms with van der Waals surface area (Å²) in [7, 11) is 0. The molecule has 132 valence electrons. The molecule has 0 atom stereocenters. The van der Waals surface area contributed by atoms with Gasteiger partial charge in [0, 0.05) is 25.2 Å². The lowest BCUT2D eigenvalue weighted by Crippen LogP contribution is -2.36. The minimum atomic E-state index is -0.0419. The summed E-state index contributed by atoms with van der Waals surface area (Å²) in [5.41, 5.74) is 2.94. The molecule has 0 heterocycles. The van der Waals surface area contributed by atoms with Gasteiger partial charge >= 0.3 is 0 Å². The molecule has 0 unspecified atom stereocenters. The Kier molecular flexibility index (Phi) is 7.50. The van der Waals surface area contributed by atoms with Crippen LogP contribution in [0.2, 0.25) is 0 Å². The Morgan fingerprint density at radius 2 is 1.52 bits per heavy atom. The average molecular weight is 338 g/mol. The molecule has 0 aliphatic rings. The molecule has 0 aromatic heterocycles. The van der Waals surface area contributed by atoms with Crippen LogP contribution in [0.3, 0.4) is 0 Å². The van der Waals surface area contributed by atoms with Gasteiger partial charge in [0.15, 0.2) is 5.96 Å². The topological polar surface area (TPSA) is 65.5 Å². The van der Waals surface area contributed by atoms with Gasteiger partial charge in [0.2, 0.25) is 0 Å². The number of hydrogen-bond acceptors (Lipinski definition) is 2. The van der Waals surface area contributed by atoms with E-state index in [4.69, 9.17) is 0 Å². The quantitative estimate of drug-likeness (QED) is 0.537. The number of carbonyl (C=O) groups excluding carboxylic acids is 1. The first kappa shape index (κ1) is 18.5. The van der Waals surface area contributed by atoms with Crippen molar-refractivity contribution in [1.82, 2.24) is 16.0 Å². The van der Waals surface area contributed by atoms with Crippen molar-refractivity contribution in [3.8, 4) is 0 Å². The highest BCUT2D eigenvalue weighted by atomic mass is 16.1. The summed E-state index contributed by atoms with van der Waals surface area (Å²) in [6, 6.07) is 17.8. The summed E-state index contributed by atoms with van der Waals surface area (Å²) in [4.78, 5) is 16.4.